The third kappa shape index (κ3) is 4.87. The number of carbonyl (C=O) groups is 1. The summed E-state index contributed by atoms with van der Waals surface area (Å²) in [7, 11) is 1.40. The van der Waals surface area contributed by atoms with Crippen LogP contribution in [0.1, 0.15) is 25.3 Å². The standard InChI is InChI=1S/C22H22F3NO4/c1-3-4-11-29-18-8-6-5-7-17(18)26-21(27)16-12-14-9-10-15(28-2)13-19(14)30-20(16)22(23,24)25/h5-10,12-13,20H,3-4,11H2,1-2H3,(H,26,27). The Labute approximate surface area is 172 Å². The predicted molar refractivity (Wildman–Crippen MR) is 107 cm³/mol. The molecule has 1 heterocycles. The molecule has 3 rings (SSSR count). The molecular formula is C22H22F3NO4. The quantitative estimate of drug-likeness (QED) is 0.623. The highest BCUT2D eigenvalue weighted by atomic mass is 19.4. The number of para-hydroxylation sites is 2. The maximum absolute atomic E-state index is 13.7. The summed E-state index contributed by atoms with van der Waals surface area (Å²) in [6.45, 7) is 2.45. The van der Waals surface area contributed by atoms with Crippen molar-refractivity contribution in [1.82, 2.24) is 0 Å². The van der Waals surface area contributed by atoms with Gasteiger partial charge in [0.25, 0.3) is 5.91 Å². The molecule has 0 spiro atoms. The van der Waals surface area contributed by atoms with Crippen LogP contribution >= 0.6 is 0 Å². The highest BCUT2D eigenvalue weighted by Crippen LogP contribution is 2.39. The number of nitrogens with one attached hydrogen (secondary N) is 1. The fraction of sp³-hybridized carbons (Fsp3) is 0.318. The number of halogens is 3. The topological polar surface area (TPSA) is 56.8 Å². The fourth-order valence-electron chi connectivity index (χ4n) is 2.94. The van der Waals surface area contributed by atoms with Crippen molar-refractivity contribution in [3.8, 4) is 17.2 Å². The van der Waals surface area contributed by atoms with Gasteiger partial charge in [0.15, 0.2) is 0 Å². The molecule has 0 bridgehead atoms. The maximum Gasteiger partial charge on any atom is 0.429 e. The molecule has 30 heavy (non-hydrogen) atoms. The first-order valence-electron chi connectivity index (χ1n) is 9.49. The Bertz CT molecular complexity index is 940. The van der Waals surface area contributed by atoms with Crippen LogP contribution in [0.4, 0.5) is 18.9 Å². The van der Waals surface area contributed by atoms with Crippen LogP contribution < -0.4 is 19.5 Å². The predicted octanol–water partition coefficient (Wildman–Crippen LogP) is 5.22. The summed E-state index contributed by atoms with van der Waals surface area (Å²) in [5.41, 5.74) is 0.110. The lowest BCUT2D eigenvalue weighted by atomic mass is 10.00. The summed E-state index contributed by atoms with van der Waals surface area (Å²) < 4.78 is 56.8. The Morgan fingerprint density at radius 3 is 2.67 bits per heavy atom. The van der Waals surface area contributed by atoms with Crippen LogP contribution in [0.2, 0.25) is 0 Å². The minimum absolute atomic E-state index is 0.00322. The lowest BCUT2D eigenvalue weighted by molar-refractivity contribution is -0.184. The second kappa shape index (κ2) is 9.11. The van der Waals surface area contributed by atoms with Gasteiger partial charge in [-0.25, -0.2) is 0 Å². The van der Waals surface area contributed by atoms with E-state index in [-0.39, 0.29) is 5.75 Å². The van der Waals surface area contributed by atoms with Gasteiger partial charge in [-0.15, -0.1) is 0 Å². The van der Waals surface area contributed by atoms with Crippen molar-refractivity contribution < 1.29 is 32.2 Å². The Hall–Kier alpha value is -3.16. The Morgan fingerprint density at radius 2 is 1.97 bits per heavy atom. The average molecular weight is 421 g/mol. The summed E-state index contributed by atoms with van der Waals surface area (Å²) in [4.78, 5) is 12.8. The molecule has 0 fully saturated rings. The molecule has 1 amide bonds. The van der Waals surface area contributed by atoms with Gasteiger partial charge in [-0.3, -0.25) is 4.79 Å². The number of rotatable bonds is 7. The molecule has 1 aliphatic rings. The van der Waals surface area contributed by atoms with Gasteiger partial charge >= 0.3 is 6.18 Å². The van der Waals surface area contributed by atoms with Crippen molar-refractivity contribution >= 4 is 17.7 Å². The first-order valence-corrected chi connectivity index (χ1v) is 9.49. The molecule has 2 aromatic rings. The number of unbranched alkanes of at least 4 members (excludes halogenated alkanes) is 1. The molecule has 1 N–H and O–H groups in total. The maximum atomic E-state index is 13.7. The molecule has 8 heteroatoms. The smallest absolute Gasteiger partial charge is 0.429 e. The van der Waals surface area contributed by atoms with Crippen molar-refractivity contribution in [2.24, 2.45) is 0 Å². The van der Waals surface area contributed by atoms with E-state index in [2.05, 4.69) is 5.32 Å². The van der Waals surface area contributed by atoms with Gasteiger partial charge in [0.05, 0.1) is 25.0 Å². The normalized spacial score (nSPS) is 15.5. The Kier molecular flexibility index (Phi) is 6.54. The van der Waals surface area contributed by atoms with Gasteiger partial charge in [0.1, 0.15) is 17.2 Å². The number of carbonyl (C=O) groups excluding carboxylic acids is 1. The van der Waals surface area contributed by atoms with E-state index in [9.17, 15) is 18.0 Å². The third-order valence-corrected chi connectivity index (χ3v) is 4.51. The second-order valence-corrected chi connectivity index (χ2v) is 6.70. The Morgan fingerprint density at radius 1 is 1.20 bits per heavy atom. The monoisotopic (exact) mass is 421 g/mol. The molecule has 1 atom stereocenters. The number of ether oxygens (including phenoxy) is 3. The molecule has 1 aliphatic heterocycles. The highest BCUT2D eigenvalue weighted by Gasteiger charge is 2.48. The van der Waals surface area contributed by atoms with Gasteiger partial charge in [0.2, 0.25) is 6.10 Å². The van der Waals surface area contributed by atoms with Crippen molar-refractivity contribution in [3.63, 3.8) is 0 Å². The first kappa shape index (κ1) is 21.5. The van der Waals surface area contributed by atoms with Crippen LogP contribution in [0.3, 0.4) is 0 Å². The molecule has 160 valence electrons. The highest BCUT2D eigenvalue weighted by molar-refractivity contribution is 6.08. The minimum atomic E-state index is -4.78. The zero-order valence-corrected chi connectivity index (χ0v) is 16.6. The minimum Gasteiger partial charge on any atom is -0.497 e. The number of alkyl halides is 3. The lowest BCUT2D eigenvalue weighted by Gasteiger charge is -2.28. The van der Waals surface area contributed by atoms with E-state index in [0.717, 1.165) is 12.8 Å². The SMILES string of the molecule is CCCCOc1ccccc1NC(=O)C1=Cc2ccc(OC)cc2OC1C(F)(F)F. The van der Waals surface area contributed by atoms with Crippen molar-refractivity contribution in [2.75, 3.05) is 19.0 Å². The van der Waals surface area contributed by atoms with Crippen molar-refractivity contribution in [2.45, 2.75) is 32.0 Å². The number of benzene rings is 2. The zero-order chi connectivity index (χ0) is 21.7. The van der Waals surface area contributed by atoms with Crippen LogP contribution in [0, 0.1) is 0 Å². The van der Waals surface area contributed by atoms with E-state index < -0.39 is 23.8 Å². The second-order valence-electron chi connectivity index (χ2n) is 6.70. The molecule has 0 aromatic heterocycles. The van der Waals surface area contributed by atoms with E-state index in [1.165, 1.54) is 25.3 Å². The third-order valence-electron chi connectivity index (χ3n) is 4.51. The van der Waals surface area contributed by atoms with Gasteiger partial charge in [-0.1, -0.05) is 25.5 Å². The summed E-state index contributed by atoms with van der Waals surface area (Å²) in [6, 6.07) is 11.1. The molecule has 1 unspecified atom stereocenters. The van der Waals surface area contributed by atoms with Gasteiger partial charge in [0, 0.05) is 11.6 Å². The molecule has 0 saturated heterocycles. The van der Waals surface area contributed by atoms with E-state index in [1.807, 2.05) is 6.92 Å². The van der Waals surface area contributed by atoms with Crippen LogP contribution in [-0.4, -0.2) is 31.9 Å². The summed E-state index contributed by atoms with van der Waals surface area (Å²) in [6.07, 6.45) is -4.24. The molecule has 0 radical (unpaired) electrons. The Balaban J connectivity index is 1.90. The summed E-state index contributed by atoms with van der Waals surface area (Å²) >= 11 is 0. The van der Waals surface area contributed by atoms with E-state index in [1.54, 1.807) is 30.3 Å². The van der Waals surface area contributed by atoms with Crippen molar-refractivity contribution in [3.05, 3.63) is 53.6 Å². The zero-order valence-electron chi connectivity index (χ0n) is 16.6. The molecule has 0 aliphatic carbocycles. The van der Waals surface area contributed by atoms with Gasteiger partial charge in [-0.05, 0) is 36.8 Å². The molecule has 2 aromatic carbocycles. The molecule has 5 nitrogen and oxygen atoms in total. The molecule has 0 saturated carbocycles. The van der Waals surface area contributed by atoms with E-state index in [0.29, 0.717) is 29.4 Å². The van der Waals surface area contributed by atoms with E-state index in [4.69, 9.17) is 14.2 Å². The number of amides is 1. The van der Waals surface area contributed by atoms with Gasteiger partial charge < -0.3 is 19.5 Å². The number of anilines is 1. The average Bonchev–Trinajstić information content (AvgIpc) is 2.73. The van der Waals surface area contributed by atoms with Crippen LogP contribution in [0.5, 0.6) is 17.2 Å². The van der Waals surface area contributed by atoms with Crippen LogP contribution in [0.15, 0.2) is 48.0 Å². The van der Waals surface area contributed by atoms with Crippen molar-refractivity contribution in [1.29, 1.82) is 0 Å². The van der Waals surface area contributed by atoms with E-state index >= 15 is 0 Å². The van der Waals surface area contributed by atoms with Crippen LogP contribution in [-0.2, 0) is 4.79 Å². The number of methoxy groups -OCH3 is 1. The summed E-state index contributed by atoms with van der Waals surface area (Å²) in [5.74, 6) is -0.165. The lowest BCUT2D eigenvalue weighted by Crippen LogP contribution is -2.41. The van der Waals surface area contributed by atoms with Crippen LogP contribution in [0.25, 0.3) is 6.08 Å². The van der Waals surface area contributed by atoms with Gasteiger partial charge in [-0.2, -0.15) is 13.2 Å². The largest absolute Gasteiger partial charge is 0.497 e. The molecular weight excluding hydrogens is 399 g/mol. The number of hydrogen-bond acceptors (Lipinski definition) is 4. The fourth-order valence-corrected chi connectivity index (χ4v) is 2.94. The number of hydrogen-bond donors (Lipinski definition) is 1. The first-order chi connectivity index (χ1) is 14.3. The number of fused-ring (bicyclic) bond motifs is 1. The summed E-state index contributed by atoms with van der Waals surface area (Å²) in [5, 5.41) is 2.53.